The predicted molar refractivity (Wildman–Crippen MR) is 86.0 cm³/mol. The van der Waals surface area contributed by atoms with Crippen LogP contribution in [0.1, 0.15) is 45.6 Å². The van der Waals surface area contributed by atoms with Crippen LogP contribution in [0.25, 0.3) is 10.9 Å². The van der Waals surface area contributed by atoms with E-state index in [9.17, 15) is 14.7 Å². The number of hydrogen-bond donors (Lipinski definition) is 1. The minimum atomic E-state index is -0.978. The zero-order chi connectivity index (χ0) is 16.1. The lowest BCUT2D eigenvalue weighted by molar-refractivity contribution is -0.141. The van der Waals surface area contributed by atoms with Crippen LogP contribution >= 0.6 is 0 Å². The zero-order valence-electron chi connectivity index (χ0n) is 13.0. The van der Waals surface area contributed by atoms with E-state index in [1.165, 1.54) is 10.9 Å². The van der Waals surface area contributed by atoms with Crippen molar-refractivity contribution in [1.82, 2.24) is 9.55 Å². The van der Waals surface area contributed by atoms with Crippen LogP contribution in [0.2, 0.25) is 0 Å². The van der Waals surface area contributed by atoms with Crippen molar-refractivity contribution in [1.29, 1.82) is 0 Å². The fraction of sp³-hybridized carbons (Fsp3) is 0.471. The van der Waals surface area contributed by atoms with Crippen LogP contribution in [0.15, 0.2) is 35.4 Å². The van der Waals surface area contributed by atoms with E-state index in [0.29, 0.717) is 23.2 Å². The first kappa shape index (κ1) is 16.2. The molecule has 1 aromatic heterocycles. The monoisotopic (exact) mass is 302 g/mol. The van der Waals surface area contributed by atoms with Gasteiger partial charge in [-0.2, -0.15) is 0 Å². The molecule has 22 heavy (non-hydrogen) atoms. The molecule has 5 heteroatoms. The molecule has 0 aliphatic rings. The second-order valence-electron chi connectivity index (χ2n) is 5.63. The summed E-state index contributed by atoms with van der Waals surface area (Å²) in [5.74, 6) is -0.682. The van der Waals surface area contributed by atoms with Crippen molar-refractivity contribution in [3.8, 4) is 0 Å². The number of para-hydroxylation sites is 1. The summed E-state index contributed by atoms with van der Waals surface area (Å²) in [4.78, 5) is 28.4. The Morgan fingerprint density at radius 1 is 1.32 bits per heavy atom. The molecule has 1 N–H and O–H groups in total. The lowest BCUT2D eigenvalue weighted by atomic mass is 9.93. The van der Waals surface area contributed by atoms with Gasteiger partial charge in [0.05, 0.1) is 17.2 Å². The van der Waals surface area contributed by atoms with Crippen LogP contribution in [-0.2, 0) is 4.79 Å². The molecule has 5 nitrogen and oxygen atoms in total. The van der Waals surface area contributed by atoms with Crippen LogP contribution in [-0.4, -0.2) is 20.6 Å². The maximum Gasteiger partial charge on any atom is 0.326 e. The van der Waals surface area contributed by atoms with Gasteiger partial charge in [0.25, 0.3) is 5.56 Å². The zero-order valence-corrected chi connectivity index (χ0v) is 13.0. The quantitative estimate of drug-likeness (QED) is 0.852. The average molecular weight is 302 g/mol. The third-order valence-corrected chi connectivity index (χ3v) is 4.14. The van der Waals surface area contributed by atoms with Gasteiger partial charge >= 0.3 is 5.97 Å². The SMILES string of the molecule is CCCC(CC)CC(C(=O)O)n1cnc2ccccc2c1=O. The highest BCUT2D eigenvalue weighted by Gasteiger charge is 2.25. The molecule has 0 spiro atoms. The molecular weight excluding hydrogens is 280 g/mol. The molecular formula is C17H22N2O3. The number of aliphatic carboxylic acids is 1. The first-order valence-electron chi connectivity index (χ1n) is 7.77. The van der Waals surface area contributed by atoms with Gasteiger partial charge in [0.2, 0.25) is 0 Å². The Hall–Kier alpha value is -2.17. The van der Waals surface area contributed by atoms with Gasteiger partial charge in [-0.15, -0.1) is 0 Å². The third-order valence-electron chi connectivity index (χ3n) is 4.14. The van der Waals surface area contributed by atoms with Crippen LogP contribution in [0.3, 0.4) is 0 Å². The summed E-state index contributed by atoms with van der Waals surface area (Å²) in [6, 6.07) is 6.15. The van der Waals surface area contributed by atoms with E-state index in [1.54, 1.807) is 18.2 Å². The Labute approximate surface area is 129 Å². The molecule has 2 aromatic rings. The molecule has 0 fully saturated rings. The predicted octanol–water partition coefficient (Wildman–Crippen LogP) is 3.24. The van der Waals surface area contributed by atoms with Crippen molar-refractivity contribution < 1.29 is 9.90 Å². The van der Waals surface area contributed by atoms with Gasteiger partial charge in [-0.3, -0.25) is 9.36 Å². The van der Waals surface area contributed by atoms with E-state index < -0.39 is 12.0 Å². The van der Waals surface area contributed by atoms with Gasteiger partial charge in [-0.25, -0.2) is 9.78 Å². The van der Waals surface area contributed by atoms with Crippen molar-refractivity contribution in [3.05, 3.63) is 40.9 Å². The van der Waals surface area contributed by atoms with E-state index in [1.807, 2.05) is 6.07 Å². The normalized spacial score (nSPS) is 13.9. The van der Waals surface area contributed by atoms with Gasteiger partial charge in [0, 0.05) is 0 Å². The number of carboxylic acid groups (broad SMARTS) is 1. The Morgan fingerprint density at radius 3 is 2.68 bits per heavy atom. The molecule has 118 valence electrons. The summed E-state index contributed by atoms with van der Waals surface area (Å²) in [5.41, 5.74) is 0.304. The number of hydrogen-bond acceptors (Lipinski definition) is 3. The largest absolute Gasteiger partial charge is 0.480 e. The van der Waals surface area contributed by atoms with E-state index in [2.05, 4.69) is 18.8 Å². The average Bonchev–Trinajstić information content (AvgIpc) is 2.52. The second-order valence-corrected chi connectivity index (χ2v) is 5.63. The lowest BCUT2D eigenvalue weighted by Crippen LogP contribution is -2.31. The van der Waals surface area contributed by atoms with Crippen molar-refractivity contribution in [3.63, 3.8) is 0 Å². The summed E-state index contributed by atoms with van der Waals surface area (Å²) in [6.07, 6.45) is 4.71. The third kappa shape index (κ3) is 3.35. The molecule has 0 amide bonds. The Bertz CT molecular complexity index is 708. The van der Waals surface area contributed by atoms with Crippen molar-refractivity contribution in [2.24, 2.45) is 5.92 Å². The fourth-order valence-corrected chi connectivity index (χ4v) is 2.85. The highest BCUT2D eigenvalue weighted by atomic mass is 16.4. The van der Waals surface area contributed by atoms with Gasteiger partial charge in [0.15, 0.2) is 0 Å². The molecule has 0 bridgehead atoms. The van der Waals surface area contributed by atoms with E-state index in [0.717, 1.165) is 19.3 Å². The van der Waals surface area contributed by atoms with Crippen LogP contribution in [0, 0.1) is 5.92 Å². The topological polar surface area (TPSA) is 72.2 Å². The second kappa shape index (κ2) is 7.20. The minimum absolute atomic E-state index is 0.288. The van der Waals surface area contributed by atoms with Gasteiger partial charge < -0.3 is 5.11 Å². The summed E-state index contributed by atoms with van der Waals surface area (Å²) in [6.45, 7) is 4.14. The molecule has 0 aliphatic carbocycles. The number of benzene rings is 1. The standard InChI is InChI=1S/C17H22N2O3/c1-3-7-12(4-2)10-15(17(21)22)19-11-18-14-9-6-5-8-13(14)16(19)20/h5-6,8-9,11-12,15H,3-4,7,10H2,1-2H3,(H,21,22). The number of aromatic nitrogens is 2. The molecule has 2 atom stereocenters. The maximum absolute atomic E-state index is 12.6. The van der Waals surface area contributed by atoms with Crippen molar-refractivity contribution >= 4 is 16.9 Å². The first-order valence-corrected chi connectivity index (χ1v) is 7.77. The first-order chi connectivity index (χ1) is 10.6. The Kier molecular flexibility index (Phi) is 5.31. The highest BCUT2D eigenvalue weighted by Crippen LogP contribution is 2.23. The van der Waals surface area contributed by atoms with Gasteiger partial charge in [-0.1, -0.05) is 45.2 Å². The number of carbonyl (C=O) groups is 1. The molecule has 0 radical (unpaired) electrons. The molecule has 0 saturated heterocycles. The van der Waals surface area contributed by atoms with E-state index in [-0.39, 0.29) is 5.56 Å². The minimum Gasteiger partial charge on any atom is -0.480 e. The molecule has 2 rings (SSSR count). The smallest absolute Gasteiger partial charge is 0.326 e. The molecule has 0 aliphatic heterocycles. The maximum atomic E-state index is 12.6. The van der Waals surface area contributed by atoms with Crippen LogP contribution in [0.4, 0.5) is 0 Å². The molecule has 2 unspecified atom stereocenters. The van der Waals surface area contributed by atoms with Crippen LogP contribution < -0.4 is 5.56 Å². The molecule has 0 saturated carbocycles. The lowest BCUT2D eigenvalue weighted by Gasteiger charge is -2.21. The summed E-state index contributed by atoms with van der Waals surface area (Å²) in [7, 11) is 0. The summed E-state index contributed by atoms with van der Waals surface area (Å²) >= 11 is 0. The fourth-order valence-electron chi connectivity index (χ4n) is 2.85. The molecule has 1 aromatic carbocycles. The van der Waals surface area contributed by atoms with E-state index in [4.69, 9.17) is 0 Å². The van der Waals surface area contributed by atoms with Crippen molar-refractivity contribution in [2.45, 2.75) is 45.6 Å². The number of fused-ring (bicyclic) bond motifs is 1. The van der Waals surface area contributed by atoms with Gasteiger partial charge in [-0.05, 0) is 24.5 Å². The number of rotatable bonds is 7. The molecule has 1 heterocycles. The number of carboxylic acids is 1. The van der Waals surface area contributed by atoms with Gasteiger partial charge in [0.1, 0.15) is 6.04 Å². The Balaban J connectivity index is 2.43. The van der Waals surface area contributed by atoms with Crippen molar-refractivity contribution in [2.75, 3.05) is 0 Å². The summed E-state index contributed by atoms with van der Waals surface area (Å²) < 4.78 is 1.27. The summed E-state index contributed by atoms with van der Waals surface area (Å²) in [5, 5.41) is 10.0. The van der Waals surface area contributed by atoms with Crippen LogP contribution in [0.5, 0.6) is 0 Å². The highest BCUT2D eigenvalue weighted by molar-refractivity contribution is 5.78. The van der Waals surface area contributed by atoms with E-state index >= 15 is 0 Å². The Morgan fingerprint density at radius 2 is 2.05 bits per heavy atom. The number of nitrogens with zero attached hydrogens (tertiary/aromatic N) is 2.